The second-order valence-electron chi connectivity index (χ2n) is 10.0. The lowest BCUT2D eigenvalue weighted by Gasteiger charge is -2.59. The molecule has 0 unspecified atom stereocenters. The van der Waals surface area contributed by atoms with Crippen LogP contribution in [0.4, 0.5) is 4.39 Å². The first-order chi connectivity index (χ1) is 14.5. The number of nitrogens with one attached hydrogen (secondary N) is 1. The van der Waals surface area contributed by atoms with Crippen molar-refractivity contribution in [2.24, 2.45) is 23.2 Å². The highest BCUT2D eigenvalue weighted by Gasteiger charge is 2.52. The van der Waals surface area contributed by atoms with E-state index in [0.29, 0.717) is 18.1 Å². The minimum Gasteiger partial charge on any atom is -0.489 e. The normalized spacial score (nSPS) is 30.4. The summed E-state index contributed by atoms with van der Waals surface area (Å²) in [4.78, 5) is 0. The topological polar surface area (TPSA) is 21.3 Å². The molecule has 2 aromatic carbocycles. The zero-order valence-corrected chi connectivity index (χ0v) is 19.3. The highest BCUT2D eigenvalue weighted by molar-refractivity contribution is 9.10. The maximum atomic E-state index is 13.1. The molecule has 4 aliphatic rings. The van der Waals surface area contributed by atoms with Crippen LogP contribution < -0.4 is 10.1 Å². The number of ether oxygens (including phenoxy) is 1. The second-order valence-corrected chi connectivity index (χ2v) is 11.0. The minimum atomic E-state index is -0.217. The second kappa shape index (κ2) is 8.27. The molecule has 4 heteroatoms. The van der Waals surface area contributed by atoms with Crippen LogP contribution in [0, 0.1) is 29.0 Å². The monoisotopic (exact) mass is 471 g/mol. The number of rotatable bonds is 7. The van der Waals surface area contributed by atoms with E-state index in [2.05, 4.69) is 34.2 Å². The molecule has 0 saturated heterocycles. The molecule has 1 atom stereocenters. The Morgan fingerprint density at radius 3 is 2.30 bits per heavy atom. The SMILES string of the molecule is C[C@H](NCc1cc(Br)ccc1OCc1ccc(F)cc1)C12CC3CC(CC(C3)C1)C2. The van der Waals surface area contributed by atoms with Crippen LogP contribution >= 0.6 is 15.9 Å². The molecule has 4 aliphatic carbocycles. The van der Waals surface area contributed by atoms with Crippen molar-refractivity contribution < 1.29 is 9.13 Å². The van der Waals surface area contributed by atoms with E-state index in [4.69, 9.17) is 4.74 Å². The van der Waals surface area contributed by atoms with Crippen LogP contribution in [-0.2, 0) is 13.2 Å². The fourth-order valence-electron chi connectivity index (χ4n) is 6.76. The third-order valence-corrected chi connectivity index (χ3v) is 8.43. The van der Waals surface area contributed by atoms with Gasteiger partial charge in [0.2, 0.25) is 0 Å². The van der Waals surface area contributed by atoms with Crippen molar-refractivity contribution in [3.63, 3.8) is 0 Å². The average Bonchev–Trinajstić information content (AvgIpc) is 2.71. The van der Waals surface area contributed by atoms with Crippen LogP contribution in [0.2, 0.25) is 0 Å². The molecule has 0 aromatic heterocycles. The Hall–Kier alpha value is -1.39. The van der Waals surface area contributed by atoms with Gasteiger partial charge >= 0.3 is 0 Å². The van der Waals surface area contributed by atoms with Gasteiger partial charge in [-0.3, -0.25) is 0 Å². The van der Waals surface area contributed by atoms with Gasteiger partial charge in [0.15, 0.2) is 0 Å². The molecule has 4 bridgehead atoms. The van der Waals surface area contributed by atoms with Crippen molar-refractivity contribution in [1.82, 2.24) is 5.32 Å². The van der Waals surface area contributed by atoms with E-state index in [1.54, 1.807) is 12.1 Å². The Balaban J connectivity index is 1.25. The predicted octanol–water partition coefficient (Wildman–Crippen LogP) is 6.86. The predicted molar refractivity (Wildman–Crippen MR) is 122 cm³/mol. The molecular formula is C26H31BrFNO. The van der Waals surface area contributed by atoms with Crippen LogP contribution in [0.15, 0.2) is 46.9 Å². The Morgan fingerprint density at radius 1 is 1.03 bits per heavy atom. The van der Waals surface area contributed by atoms with Gasteiger partial charge in [0.25, 0.3) is 0 Å². The maximum Gasteiger partial charge on any atom is 0.124 e. The zero-order valence-electron chi connectivity index (χ0n) is 17.7. The van der Waals surface area contributed by atoms with Crippen molar-refractivity contribution >= 4 is 15.9 Å². The lowest BCUT2D eigenvalue weighted by molar-refractivity contribution is -0.0706. The summed E-state index contributed by atoms with van der Waals surface area (Å²) in [5.41, 5.74) is 2.64. The fraction of sp³-hybridized carbons (Fsp3) is 0.538. The molecule has 0 spiro atoms. The van der Waals surface area contributed by atoms with Crippen molar-refractivity contribution in [1.29, 1.82) is 0 Å². The summed E-state index contributed by atoms with van der Waals surface area (Å²) in [5, 5.41) is 3.88. The first-order valence-corrected chi connectivity index (χ1v) is 12.2. The molecule has 0 heterocycles. The van der Waals surface area contributed by atoms with Gasteiger partial charge in [-0.1, -0.05) is 28.1 Å². The van der Waals surface area contributed by atoms with Crippen LogP contribution in [0.3, 0.4) is 0 Å². The molecule has 4 saturated carbocycles. The van der Waals surface area contributed by atoms with E-state index >= 15 is 0 Å². The molecule has 6 rings (SSSR count). The summed E-state index contributed by atoms with van der Waals surface area (Å²) in [7, 11) is 0. The van der Waals surface area contributed by atoms with Gasteiger partial charge in [-0.25, -0.2) is 4.39 Å². The molecule has 0 amide bonds. The number of hydrogen-bond donors (Lipinski definition) is 1. The largest absolute Gasteiger partial charge is 0.489 e. The Kier molecular flexibility index (Phi) is 5.66. The molecule has 4 fully saturated rings. The first kappa shape index (κ1) is 20.5. The number of benzene rings is 2. The Labute approximate surface area is 187 Å². The third kappa shape index (κ3) is 4.18. The van der Waals surface area contributed by atoms with E-state index in [1.807, 2.05) is 12.1 Å². The molecule has 30 heavy (non-hydrogen) atoms. The average molecular weight is 472 g/mol. The Bertz CT molecular complexity index is 861. The van der Waals surface area contributed by atoms with Gasteiger partial charge in [0.1, 0.15) is 18.2 Å². The lowest BCUT2D eigenvalue weighted by Crippen LogP contribution is -2.54. The minimum absolute atomic E-state index is 0.217. The van der Waals surface area contributed by atoms with E-state index in [9.17, 15) is 4.39 Å². The van der Waals surface area contributed by atoms with Crippen molar-refractivity contribution in [2.45, 2.75) is 64.6 Å². The molecule has 0 aliphatic heterocycles. The van der Waals surface area contributed by atoms with E-state index in [0.717, 1.165) is 40.1 Å². The third-order valence-electron chi connectivity index (χ3n) is 7.93. The van der Waals surface area contributed by atoms with E-state index in [1.165, 1.54) is 56.2 Å². The summed E-state index contributed by atoms with van der Waals surface area (Å²) in [6, 6.07) is 13.2. The molecule has 2 nitrogen and oxygen atoms in total. The highest BCUT2D eigenvalue weighted by atomic mass is 79.9. The van der Waals surface area contributed by atoms with Crippen LogP contribution in [0.5, 0.6) is 5.75 Å². The molecule has 0 radical (unpaired) electrons. The van der Waals surface area contributed by atoms with Crippen molar-refractivity contribution in [2.75, 3.05) is 0 Å². The van der Waals surface area contributed by atoms with Crippen LogP contribution in [0.25, 0.3) is 0 Å². The lowest BCUT2D eigenvalue weighted by atomic mass is 9.48. The maximum absolute atomic E-state index is 13.1. The smallest absolute Gasteiger partial charge is 0.124 e. The number of halogens is 2. The molecule has 160 valence electrons. The van der Waals surface area contributed by atoms with Crippen LogP contribution in [-0.4, -0.2) is 6.04 Å². The standard InChI is InChI=1S/C26H31BrFNO/c1-17(26-12-19-8-20(13-26)10-21(9-19)14-26)29-15-22-11-23(27)4-7-25(22)30-16-18-2-5-24(28)6-3-18/h2-7,11,17,19-21,29H,8-10,12-16H2,1H3/t17-,19?,20?,21?,26?/m0/s1. The van der Waals surface area contributed by atoms with E-state index in [-0.39, 0.29) is 5.82 Å². The van der Waals surface area contributed by atoms with Gasteiger partial charge in [-0.15, -0.1) is 0 Å². The van der Waals surface area contributed by atoms with Gasteiger partial charge in [-0.05, 0) is 105 Å². The highest BCUT2D eigenvalue weighted by Crippen LogP contribution is 2.61. The summed E-state index contributed by atoms with van der Waals surface area (Å²) in [6.45, 7) is 3.66. The first-order valence-electron chi connectivity index (χ1n) is 11.4. The summed E-state index contributed by atoms with van der Waals surface area (Å²) in [6.07, 6.45) is 8.70. The Morgan fingerprint density at radius 2 is 1.67 bits per heavy atom. The van der Waals surface area contributed by atoms with Crippen molar-refractivity contribution in [3.05, 3.63) is 63.9 Å². The quantitative estimate of drug-likeness (QED) is 0.475. The fourth-order valence-corrected chi connectivity index (χ4v) is 7.16. The summed E-state index contributed by atoms with van der Waals surface area (Å²) < 4.78 is 20.3. The summed E-state index contributed by atoms with van der Waals surface area (Å²) >= 11 is 3.61. The number of hydrogen-bond acceptors (Lipinski definition) is 2. The molecule has 1 N–H and O–H groups in total. The molecule has 2 aromatic rings. The molecular weight excluding hydrogens is 441 g/mol. The summed E-state index contributed by atoms with van der Waals surface area (Å²) in [5.74, 6) is 3.60. The zero-order chi connectivity index (χ0) is 20.7. The van der Waals surface area contributed by atoms with Crippen LogP contribution in [0.1, 0.15) is 56.6 Å². The van der Waals surface area contributed by atoms with Crippen molar-refractivity contribution in [3.8, 4) is 5.75 Å². The van der Waals surface area contributed by atoms with Gasteiger partial charge in [-0.2, -0.15) is 0 Å². The van der Waals surface area contributed by atoms with Gasteiger partial charge in [0, 0.05) is 22.6 Å². The van der Waals surface area contributed by atoms with E-state index < -0.39 is 0 Å². The van der Waals surface area contributed by atoms with Gasteiger partial charge in [0.05, 0.1) is 0 Å². The van der Waals surface area contributed by atoms with Gasteiger partial charge < -0.3 is 10.1 Å².